The van der Waals surface area contributed by atoms with Crippen molar-refractivity contribution in [3.05, 3.63) is 129 Å². The summed E-state index contributed by atoms with van der Waals surface area (Å²) < 4.78 is 43.2. The Balaban J connectivity index is 1.46. The van der Waals surface area contributed by atoms with Gasteiger partial charge in [-0.3, -0.25) is 19.3 Å². The fourth-order valence-corrected chi connectivity index (χ4v) is 6.20. The summed E-state index contributed by atoms with van der Waals surface area (Å²) in [6, 6.07) is 21.8. The molecule has 9 heteroatoms. The highest BCUT2D eigenvalue weighted by Gasteiger charge is 2.48. The largest absolute Gasteiger partial charge is 0.493 e. The molecule has 7 rings (SSSR count). The Kier molecular flexibility index (Phi) is 6.64. The molecule has 1 aliphatic carbocycles. The second kappa shape index (κ2) is 10.6. The van der Waals surface area contributed by atoms with Gasteiger partial charge in [0.25, 0.3) is 5.91 Å². The lowest BCUT2D eigenvalue weighted by Gasteiger charge is -2.54. The minimum Gasteiger partial charge on any atom is -0.493 e. The number of pyridine rings is 1. The molecule has 3 aliphatic rings. The number of ether oxygens (including phenoxy) is 2. The number of hydrogen-bond donors (Lipinski definition) is 0. The van der Waals surface area contributed by atoms with E-state index in [9.17, 15) is 18.4 Å². The van der Waals surface area contributed by atoms with Crippen molar-refractivity contribution in [2.24, 2.45) is 0 Å². The summed E-state index contributed by atoms with van der Waals surface area (Å²) in [5.41, 5.74) is 1.78. The van der Waals surface area contributed by atoms with Gasteiger partial charge in [-0.25, -0.2) is 8.78 Å². The molecule has 0 unspecified atom stereocenters. The summed E-state index contributed by atoms with van der Waals surface area (Å²) >= 11 is 0. The van der Waals surface area contributed by atoms with E-state index in [2.05, 4.69) is 0 Å². The normalized spacial score (nSPS) is 19.9. The van der Waals surface area contributed by atoms with E-state index in [1.54, 1.807) is 10.9 Å². The minimum atomic E-state index is -0.997. The monoisotopic (exact) mass is 569 g/mol. The number of hydrogen-bond acceptors (Lipinski definition) is 5. The third kappa shape index (κ3) is 4.40. The molecule has 7 nitrogen and oxygen atoms in total. The van der Waals surface area contributed by atoms with Gasteiger partial charge >= 0.3 is 0 Å². The van der Waals surface area contributed by atoms with Gasteiger partial charge in [-0.2, -0.15) is 0 Å². The molecule has 42 heavy (non-hydrogen) atoms. The van der Waals surface area contributed by atoms with Crippen LogP contribution in [0.4, 0.5) is 8.78 Å². The van der Waals surface area contributed by atoms with E-state index in [1.807, 2.05) is 70.6 Å². The number of halogens is 2. The van der Waals surface area contributed by atoms with Gasteiger partial charge in [0.15, 0.2) is 23.1 Å². The summed E-state index contributed by atoms with van der Waals surface area (Å²) in [7, 11) is 0. The molecule has 1 aromatic heterocycles. The zero-order valence-corrected chi connectivity index (χ0v) is 22.8. The minimum absolute atomic E-state index is 0.0312. The van der Waals surface area contributed by atoms with Crippen LogP contribution in [0.2, 0.25) is 0 Å². The lowest BCUT2D eigenvalue weighted by atomic mass is 9.89. The Morgan fingerprint density at radius 2 is 1.60 bits per heavy atom. The first kappa shape index (κ1) is 26.3. The third-order valence-electron chi connectivity index (χ3n) is 8.40. The van der Waals surface area contributed by atoms with Crippen LogP contribution >= 0.6 is 0 Å². The fourth-order valence-electron chi connectivity index (χ4n) is 6.20. The molecule has 0 bridgehead atoms. The van der Waals surface area contributed by atoms with E-state index in [1.165, 1.54) is 12.1 Å². The number of aromatic nitrogens is 1. The van der Waals surface area contributed by atoms with E-state index in [0.29, 0.717) is 12.0 Å². The van der Waals surface area contributed by atoms with Crippen molar-refractivity contribution in [1.82, 2.24) is 9.58 Å². The third-order valence-corrected chi connectivity index (χ3v) is 8.40. The van der Waals surface area contributed by atoms with Crippen LogP contribution in [0, 0.1) is 11.6 Å². The standard InChI is InChI=1S/C33H29F2N3O4/c34-25-18-24-28(19-26(25)35)41-17-15-29-37(23-12-7-13-23)33(40)31-32(42-20-21-8-3-1-4-9-21)27(39)14-16-36(31)38(29)30(24)22-10-5-2-6-11-22/h1-6,8-11,14,16,18-19,23,29-30H,7,12-13,15,17,20H2/t29-,30+/m0/s1. The zero-order chi connectivity index (χ0) is 28.8. The molecular weight excluding hydrogens is 540 g/mol. The maximum Gasteiger partial charge on any atom is 0.278 e. The van der Waals surface area contributed by atoms with Crippen LogP contribution in [0.1, 0.15) is 58.9 Å². The Morgan fingerprint density at radius 3 is 2.31 bits per heavy atom. The molecule has 1 saturated carbocycles. The number of carbonyl (C=O) groups excluding carboxylic acids is 1. The summed E-state index contributed by atoms with van der Waals surface area (Å²) in [5, 5.41) is 2.00. The average molecular weight is 570 g/mol. The van der Waals surface area contributed by atoms with Crippen LogP contribution in [0.25, 0.3) is 0 Å². The number of rotatable bonds is 5. The quantitative estimate of drug-likeness (QED) is 0.316. The maximum atomic E-state index is 14.9. The average Bonchev–Trinajstić information content (AvgIpc) is 2.97. The molecule has 1 fully saturated rings. The summed E-state index contributed by atoms with van der Waals surface area (Å²) in [6.07, 6.45) is 4.17. The van der Waals surface area contributed by atoms with Crippen LogP contribution in [0.5, 0.6) is 11.5 Å². The molecule has 0 radical (unpaired) electrons. The van der Waals surface area contributed by atoms with E-state index in [4.69, 9.17) is 9.47 Å². The first-order chi connectivity index (χ1) is 20.5. The molecule has 3 heterocycles. The Bertz CT molecular complexity index is 1690. The number of benzene rings is 3. The topological polar surface area (TPSA) is 64.0 Å². The Labute approximate surface area is 241 Å². The van der Waals surface area contributed by atoms with Crippen molar-refractivity contribution in [2.75, 3.05) is 11.6 Å². The predicted molar refractivity (Wildman–Crippen MR) is 152 cm³/mol. The lowest BCUT2D eigenvalue weighted by molar-refractivity contribution is 0.0210. The molecule has 214 valence electrons. The first-order valence-electron chi connectivity index (χ1n) is 14.2. The van der Waals surface area contributed by atoms with Crippen molar-refractivity contribution in [3.63, 3.8) is 0 Å². The van der Waals surface area contributed by atoms with Crippen LogP contribution in [-0.4, -0.2) is 34.3 Å². The van der Waals surface area contributed by atoms with Crippen LogP contribution in [0.3, 0.4) is 0 Å². The lowest BCUT2D eigenvalue weighted by Crippen LogP contribution is -2.66. The van der Waals surface area contributed by atoms with Gasteiger partial charge in [0.2, 0.25) is 5.43 Å². The molecule has 2 aliphatic heterocycles. The van der Waals surface area contributed by atoms with Gasteiger partial charge in [0.05, 0.1) is 6.61 Å². The molecule has 2 atom stereocenters. The maximum absolute atomic E-state index is 14.9. The SMILES string of the molecule is O=C1c2c(OCc3ccccc3)c(=O)ccn2N2[C@H](c3ccccc3)c3cc(F)c(F)cc3OCC[C@H]2N1C1CCC1. The molecule has 3 aromatic carbocycles. The van der Waals surface area contributed by atoms with Crippen molar-refractivity contribution in [3.8, 4) is 11.5 Å². The van der Waals surface area contributed by atoms with Crippen molar-refractivity contribution < 1.29 is 23.0 Å². The van der Waals surface area contributed by atoms with E-state index in [-0.39, 0.29) is 42.4 Å². The highest BCUT2D eigenvalue weighted by atomic mass is 19.2. The number of amides is 1. The van der Waals surface area contributed by atoms with E-state index in [0.717, 1.165) is 36.5 Å². The van der Waals surface area contributed by atoms with Crippen LogP contribution < -0.4 is 19.9 Å². The Morgan fingerprint density at radius 1 is 0.881 bits per heavy atom. The molecule has 0 N–H and O–H groups in total. The highest BCUT2D eigenvalue weighted by Crippen LogP contribution is 2.43. The highest BCUT2D eigenvalue weighted by molar-refractivity contribution is 5.97. The van der Waals surface area contributed by atoms with Gasteiger partial charge in [0.1, 0.15) is 24.6 Å². The van der Waals surface area contributed by atoms with Crippen molar-refractivity contribution >= 4 is 5.91 Å². The second-order valence-electron chi connectivity index (χ2n) is 10.9. The molecule has 0 spiro atoms. The molecule has 0 saturated heterocycles. The number of nitrogens with zero attached hydrogens (tertiary/aromatic N) is 3. The summed E-state index contributed by atoms with van der Waals surface area (Å²) in [4.78, 5) is 29.5. The van der Waals surface area contributed by atoms with E-state index < -0.39 is 29.3 Å². The summed E-state index contributed by atoms with van der Waals surface area (Å²) in [5.74, 6) is -2.09. The number of fused-ring (bicyclic) bond motifs is 4. The number of carbonyl (C=O) groups is 1. The second-order valence-corrected chi connectivity index (χ2v) is 10.9. The van der Waals surface area contributed by atoms with Gasteiger partial charge in [0, 0.05) is 36.4 Å². The smallest absolute Gasteiger partial charge is 0.278 e. The van der Waals surface area contributed by atoms with Crippen LogP contribution in [-0.2, 0) is 6.61 Å². The van der Waals surface area contributed by atoms with Crippen LogP contribution in [0.15, 0.2) is 89.9 Å². The fraction of sp³-hybridized carbons (Fsp3) is 0.273. The molecule has 1 amide bonds. The summed E-state index contributed by atoms with van der Waals surface area (Å²) in [6.45, 7) is 0.292. The first-order valence-corrected chi connectivity index (χ1v) is 14.2. The molecule has 4 aromatic rings. The zero-order valence-electron chi connectivity index (χ0n) is 22.8. The van der Waals surface area contributed by atoms with Gasteiger partial charge in [-0.1, -0.05) is 60.7 Å². The predicted octanol–water partition coefficient (Wildman–Crippen LogP) is 5.55. The van der Waals surface area contributed by atoms with Gasteiger partial charge < -0.3 is 14.4 Å². The van der Waals surface area contributed by atoms with E-state index >= 15 is 0 Å². The molecular formula is C33H29F2N3O4. The van der Waals surface area contributed by atoms with Gasteiger partial charge in [-0.15, -0.1) is 0 Å². The van der Waals surface area contributed by atoms with Crippen molar-refractivity contribution in [2.45, 2.75) is 50.5 Å². The van der Waals surface area contributed by atoms with Gasteiger partial charge in [-0.05, 0) is 36.5 Å². The Hall–Kier alpha value is -4.66. The van der Waals surface area contributed by atoms with Crippen molar-refractivity contribution in [1.29, 1.82) is 0 Å².